The topological polar surface area (TPSA) is 75.2 Å². The Hall–Kier alpha value is -1.96. The van der Waals surface area contributed by atoms with E-state index >= 15 is 0 Å². The average molecular weight is 333 g/mol. The van der Waals surface area contributed by atoms with Gasteiger partial charge in [-0.05, 0) is 40.2 Å². The van der Waals surface area contributed by atoms with E-state index in [4.69, 9.17) is 0 Å². The molecule has 0 saturated carbocycles. The van der Waals surface area contributed by atoms with E-state index in [1.54, 1.807) is 0 Å². The number of hydrogen-bond acceptors (Lipinski definition) is 4. The van der Waals surface area contributed by atoms with Crippen molar-refractivity contribution in [1.82, 2.24) is 9.97 Å². The van der Waals surface area contributed by atoms with E-state index in [9.17, 15) is 18.7 Å². The van der Waals surface area contributed by atoms with Crippen molar-refractivity contribution in [2.45, 2.75) is 6.61 Å². The van der Waals surface area contributed by atoms with Gasteiger partial charge >= 0.3 is 6.61 Å². The lowest BCUT2D eigenvalue weighted by molar-refractivity contribution is -0.0498. The van der Waals surface area contributed by atoms with Crippen LogP contribution in [-0.4, -0.2) is 21.7 Å². The molecule has 0 aliphatic heterocycles. The Morgan fingerprint density at radius 2 is 1.95 bits per heavy atom. The minimum Gasteiger partial charge on any atom is -0.492 e. The number of rotatable bonds is 3. The van der Waals surface area contributed by atoms with Gasteiger partial charge in [-0.15, -0.1) is 0 Å². The lowest BCUT2D eigenvalue weighted by atomic mass is 10.2. The van der Waals surface area contributed by atoms with E-state index in [0.717, 1.165) is 0 Å². The molecule has 0 saturated heterocycles. The van der Waals surface area contributed by atoms with Gasteiger partial charge in [-0.1, -0.05) is 0 Å². The van der Waals surface area contributed by atoms with Crippen LogP contribution in [0.25, 0.3) is 11.4 Å². The highest BCUT2D eigenvalue weighted by atomic mass is 79.9. The van der Waals surface area contributed by atoms with Crippen LogP contribution >= 0.6 is 15.9 Å². The maximum absolute atomic E-state index is 12.0. The first-order chi connectivity index (χ1) is 8.97. The van der Waals surface area contributed by atoms with Crippen molar-refractivity contribution in [2.75, 3.05) is 0 Å². The van der Waals surface area contributed by atoms with E-state index in [1.807, 2.05) is 0 Å². The molecule has 100 valence electrons. The molecule has 0 radical (unpaired) electrons. The Labute approximate surface area is 114 Å². The van der Waals surface area contributed by atoms with Gasteiger partial charge in [0.25, 0.3) is 5.56 Å². The van der Waals surface area contributed by atoms with Gasteiger partial charge in [0.2, 0.25) is 5.88 Å². The Morgan fingerprint density at radius 3 is 2.47 bits per heavy atom. The molecule has 5 nitrogen and oxygen atoms in total. The predicted octanol–water partition coefficient (Wildman–Crippen LogP) is 2.51. The van der Waals surface area contributed by atoms with Crippen LogP contribution in [0.4, 0.5) is 8.78 Å². The largest absolute Gasteiger partial charge is 0.492 e. The fourth-order valence-corrected chi connectivity index (χ4v) is 1.57. The van der Waals surface area contributed by atoms with Crippen LogP contribution < -0.4 is 10.3 Å². The van der Waals surface area contributed by atoms with Gasteiger partial charge in [0, 0.05) is 5.56 Å². The molecule has 1 aromatic carbocycles. The summed E-state index contributed by atoms with van der Waals surface area (Å²) in [5.74, 6) is -0.344. The summed E-state index contributed by atoms with van der Waals surface area (Å²) in [6.07, 6.45) is 0. The third-order valence-electron chi connectivity index (χ3n) is 2.20. The zero-order valence-corrected chi connectivity index (χ0v) is 10.8. The Bertz CT molecular complexity index is 643. The lowest BCUT2D eigenvalue weighted by Gasteiger charge is -2.06. The fourth-order valence-electron chi connectivity index (χ4n) is 1.38. The van der Waals surface area contributed by atoms with Crippen LogP contribution in [0.5, 0.6) is 11.6 Å². The molecule has 0 aliphatic rings. The van der Waals surface area contributed by atoms with Crippen LogP contribution in [0.15, 0.2) is 33.5 Å². The van der Waals surface area contributed by atoms with Crippen LogP contribution in [0.3, 0.4) is 0 Å². The Balaban J connectivity index is 2.35. The first kappa shape index (κ1) is 13.5. The number of halogens is 3. The molecule has 1 heterocycles. The molecular formula is C11H7BrF2N2O3. The van der Waals surface area contributed by atoms with E-state index in [2.05, 4.69) is 30.6 Å². The van der Waals surface area contributed by atoms with Crippen molar-refractivity contribution in [2.24, 2.45) is 0 Å². The quantitative estimate of drug-likeness (QED) is 0.905. The highest BCUT2D eigenvalue weighted by Crippen LogP contribution is 2.23. The summed E-state index contributed by atoms with van der Waals surface area (Å²) >= 11 is 2.86. The summed E-state index contributed by atoms with van der Waals surface area (Å²) in [7, 11) is 0. The van der Waals surface area contributed by atoms with Gasteiger partial charge in [-0.2, -0.15) is 13.8 Å². The van der Waals surface area contributed by atoms with Crippen LogP contribution in [0.2, 0.25) is 0 Å². The van der Waals surface area contributed by atoms with Crippen molar-refractivity contribution in [3.8, 4) is 23.0 Å². The highest BCUT2D eigenvalue weighted by molar-refractivity contribution is 9.10. The molecule has 19 heavy (non-hydrogen) atoms. The minimum absolute atomic E-state index is 0.0116. The molecule has 0 atom stereocenters. The molecule has 2 rings (SSSR count). The standard InChI is InChI=1S/C11H7BrF2N2O3/c12-7-9(17)15-8(16-10(7)18)5-1-3-6(4-2-5)19-11(13)14/h1-4,11H,(H2,15,16,17,18). The van der Waals surface area contributed by atoms with Gasteiger partial charge in [0.05, 0.1) is 0 Å². The van der Waals surface area contributed by atoms with Gasteiger partial charge in [-0.3, -0.25) is 4.79 Å². The third-order valence-corrected chi connectivity index (χ3v) is 2.91. The summed E-state index contributed by atoms with van der Waals surface area (Å²) in [5.41, 5.74) is -0.100. The van der Waals surface area contributed by atoms with Crippen molar-refractivity contribution in [3.63, 3.8) is 0 Å². The molecule has 2 N–H and O–H groups in total. The lowest BCUT2D eigenvalue weighted by Crippen LogP contribution is -2.09. The monoisotopic (exact) mass is 332 g/mol. The first-order valence-corrected chi connectivity index (χ1v) is 5.80. The van der Waals surface area contributed by atoms with Crippen LogP contribution in [0.1, 0.15) is 0 Å². The van der Waals surface area contributed by atoms with Gasteiger partial charge in [0.15, 0.2) is 0 Å². The molecule has 0 aliphatic carbocycles. The molecule has 0 unspecified atom stereocenters. The number of aromatic nitrogens is 2. The van der Waals surface area contributed by atoms with Crippen molar-refractivity contribution in [1.29, 1.82) is 0 Å². The summed E-state index contributed by atoms with van der Waals surface area (Å²) in [6, 6.07) is 5.48. The minimum atomic E-state index is -2.90. The number of aromatic hydroxyl groups is 1. The molecule has 0 spiro atoms. The van der Waals surface area contributed by atoms with E-state index in [-0.39, 0.29) is 16.0 Å². The van der Waals surface area contributed by atoms with Crippen molar-refractivity contribution < 1.29 is 18.6 Å². The molecule has 0 amide bonds. The molecule has 0 bridgehead atoms. The van der Waals surface area contributed by atoms with Gasteiger partial charge in [-0.25, -0.2) is 0 Å². The summed E-state index contributed by atoms with van der Waals surface area (Å²) in [6.45, 7) is -2.90. The second-order valence-electron chi connectivity index (χ2n) is 3.46. The summed E-state index contributed by atoms with van der Waals surface area (Å²) < 4.78 is 28.1. The van der Waals surface area contributed by atoms with Gasteiger partial charge in [0.1, 0.15) is 16.0 Å². The number of nitrogens with one attached hydrogen (secondary N) is 1. The molecule has 1 aromatic heterocycles. The van der Waals surface area contributed by atoms with E-state index in [0.29, 0.717) is 5.56 Å². The number of hydrogen-bond donors (Lipinski definition) is 2. The Kier molecular flexibility index (Phi) is 3.79. The molecule has 8 heteroatoms. The first-order valence-electron chi connectivity index (χ1n) is 5.01. The number of aromatic amines is 1. The number of benzene rings is 1. The maximum Gasteiger partial charge on any atom is 0.387 e. The van der Waals surface area contributed by atoms with Crippen LogP contribution in [-0.2, 0) is 0 Å². The number of nitrogens with zero attached hydrogens (tertiary/aromatic N) is 1. The van der Waals surface area contributed by atoms with Crippen molar-refractivity contribution in [3.05, 3.63) is 39.1 Å². The fraction of sp³-hybridized carbons (Fsp3) is 0.0909. The normalized spacial score (nSPS) is 10.7. The Morgan fingerprint density at radius 1 is 1.32 bits per heavy atom. The second-order valence-corrected chi connectivity index (χ2v) is 4.25. The number of ether oxygens (including phenoxy) is 1. The number of alkyl halides is 2. The predicted molar refractivity (Wildman–Crippen MR) is 66.3 cm³/mol. The van der Waals surface area contributed by atoms with E-state index in [1.165, 1.54) is 24.3 Å². The van der Waals surface area contributed by atoms with Gasteiger partial charge < -0.3 is 14.8 Å². The zero-order chi connectivity index (χ0) is 14.0. The third kappa shape index (κ3) is 3.08. The maximum atomic E-state index is 12.0. The van der Waals surface area contributed by atoms with Crippen LogP contribution in [0, 0.1) is 0 Å². The number of H-pyrrole nitrogens is 1. The smallest absolute Gasteiger partial charge is 0.387 e. The molecular weight excluding hydrogens is 326 g/mol. The van der Waals surface area contributed by atoms with E-state index < -0.39 is 18.1 Å². The van der Waals surface area contributed by atoms with Crippen molar-refractivity contribution >= 4 is 15.9 Å². The SMILES string of the molecule is O=c1[nH]c(-c2ccc(OC(F)F)cc2)nc(O)c1Br. The summed E-state index contributed by atoms with van der Waals surface area (Å²) in [4.78, 5) is 17.6. The molecule has 0 fully saturated rings. The zero-order valence-electron chi connectivity index (χ0n) is 9.23. The summed E-state index contributed by atoms with van der Waals surface area (Å²) in [5, 5.41) is 9.41. The highest BCUT2D eigenvalue weighted by Gasteiger charge is 2.10. The molecule has 2 aromatic rings. The second kappa shape index (κ2) is 5.35. The average Bonchev–Trinajstić information content (AvgIpc) is 2.35.